The third-order valence-electron chi connectivity index (χ3n) is 2.63. The van der Waals surface area contributed by atoms with Crippen molar-refractivity contribution in [2.75, 3.05) is 6.54 Å². The smallest absolute Gasteiger partial charge is 0.407 e. The predicted octanol–water partition coefficient (Wildman–Crippen LogP) is 2.47. The van der Waals surface area contributed by atoms with E-state index in [2.05, 4.69) is 17.4 Å². The average Bonchev–Trinajstić information content (AvgIpc) is 2.33. The van der Waals surface area contributed by atoms with Crippen LogP contribution in [0.3, 0.4) is 0 Å². The van der Waals surface area contributed by atoms with Crippen molar-refractivity contribution in [1.29, 1.82) is 0 Å². The van der Waals surface area contributed by atoms with Crippen LogP contribution < -0.4 is 11.1 Å². The Bertz CT molecular complexity index is 385. The van der Waals surface area contributed by atoms with Gasteiger partial charge in [-0.3, -0.25) is 0 Å². The molecule has 4 heteroatoms. The molecule has 19 heavy (non-hydrogen) atoms. The fraction of sp³-hybridized carbons (Fsp3) is 0.533. The Morgan fingerprint density at radius 2 is 1.95 bits per heavy atom. The lowest BCUT2D eigenvalue weighted by atomic mass is 10.1. The van der Waals surface area contributed by atoms with Gasteiger partial charge in [0.15, 0.2) is 0 Å². The van der Waals surface area contributed by atoms with Crippen molar-refractivity contribution in [2.24, 2.45) is 5.73 Å². The van der Waals surface area contributed by atoms with E-state index in [-0.39, 0.29) is 6.04 Å². The molecule has 1 amide bonds. The number of carbonyl (C=O) groups excluding carboxylic acids is 1. The number of amides is 1. The van der Waals surface area contributed by atoms with Crippen molar-refractivity contribution >= 4 is 6.09 Å². The van der Waals surface area contributed by atoms with Crippen LogP contribution in [0.1, 0.15) is 32.8 Å². The lowest BCUT2D eigenvalue weighted by molar-refractivity contribution is 0.0503. The summed E-state index contributed by atoms with van der Waals surface area (Å²) >= 11 is 0. The number of nitrogens with one attached hydrogen (secondary N) is 1. The highest BCUT2D eigenvalue weighted by molar-refractivity contribution is 5.68. The predicted molar refractivity (Wildman–Crippen MR) is 77.0 cm³/mol. The molecule has 0 aromatic heterocycles. The molecule has 0 fully saturated rings. The Balaban J connectivity index is 2.39. The first kappa shape index (κ1) is 15.5. The Kier molecular flexibility index (Phi) is 5.83. The minimum atomic E-state index is -0.483. The molecule has 1 atom stereocenters. The van der Waals surface area contributed by atoms with E-state index in [1.807, 2.05) is 39.0 Å². The van der Waals surface area contributed by atoms with Crippen molar-refractivity contribution in [3.8, 4) is 0 Å². The molecule has 0 aliphatic rings. The summed E-state index contributed by atoms with van der Waals surface area (Å²) in [7, 11) is 0. The summed E-state index contributed by atoms with van der Waals surface area (Å²) in [6, 6.07) is 10.1. The van der Waals surface area contributed by atoms with Gasteiger partial charge in [0, 0.05) is 12.6 Å². The molecule has 1 aromatic rings. The summed E-state index contributed by atoms with van der Waals surface area (Å²) in [5, 5.41) is 2.81. The number of benzene rings is 1. The minimum absolute atomic E-state index is 0.0601. The van der Waals surface area contributed by atoms with E-state index in [4.69, 9.17) is 10.5 Å². The standard InChI is InChI=1S/C15H24N2O2/c1-15(2,3)19-14(18)17-13(11-16)10-9-12-7-5-4-6-8-12/h4-8,13H,9-11,16H2,1-3H3,(H,17,18)/t13-/m0/s1. The number of alkyl carbamates (subject to hydrolysis) is 1. The van der Waals surface area contributed by atoms with E-state index in [0.717, 1.165) is 12.8 Å². The van der Waals surface area contributed by atoms with E-state index in [1.54, 1.807) is 0 Å². The van der Waals surface area contributed by atoms with Gasteiger partial charge in [-0.05, 0) is 39.2 Å². The second-order valence-electron chi connectivity index (χ2n) is 5.60. The van der Waals surface area contributed by atoms with Crippen LogP contribution in [0.4, 0.5) is 4.79 Å². The van der Waals surface area contributed by atoms with Crippen LogP contribution in [0, 0.1) is 0 Å². The summed E-state index contributed by atoms with van der Waals surface area (Å²) in [6.45, 7) is 5.93. The van der Waals surface area contributed by atoms with Crippen LogP contribution in [0.5, 0.6) is 0 Å². The average molecular weight is 264 g/mol. The zero-order valence-corrected chi connectivity index (χ0v) is 12.0. The van der Waals surface area contributed by atoms with Gasteiger partial charge in [0.05, 0.1) is 0 Å². The number of carbonyl (C=O) groups is 1. The Hall–Kier alpha value is -1.55. The second kappa shape index (κ2) is 7.14. The molecular weight excluding hydrogens is 240 g/mol. The number of hydrogen-bond donors (Lipinski definition) is 2. The monoisotopic (exact) mass is 264 g/mol. The molecule has 1 aromatic carbocycles. The fourth-order valence-electron chi connectivity index (χ4n) is 1.71. The maximum absolute atomic E-state index is 11.7. The SMILES string of the molecule is CC(C)(C)OC(=O)N[C@H](CN)CCc1ccccc1. The topological polar surface area (TPSA) is 64.3 Å². The molecule has 0 aliphatic carbocycles. The van der Waals surface area contributed by atoms with Crippen LogP contribution in [0.2, 0.25) is 0 Å². The van der Waals surface area contributed by atoms with Crippen molar-refractivity contribution in [2.45, 2.75) is 45.3 Å². The lowest BCUT2D eigenvalue weighted by Crippen LogP contribution is -2.43. The van der Waals surface area contributed by atoms with Gasteiger partial charge in [-0.1, -0.05) is 30.3 Å². The number of ether oxygens (including phenoxy) is 1. The highest BCUT2D eigenvalue weighted by atomic mass is 16.6. The summed E-state index contributed by atoms with van der Waals surface area (Å²) < 4.78 is 5.22. The molecule has 106 valence electrons. The van der Waals surface area contributed by atoms with Gasteiger partial charge in [-0.25, -0.2) is 4.79 Å². The molecule has 0 heterocycles. The van der Waals surface area contributed by atoms with Gasteiger partial charge in [0.2, 0.25) is 0 Å². The minimum Gasteiger partial charge on any atom is -0.444 e. The zero-order chi connectivity index (χ0) is 14.3. The number of rotatable bonds is 5. The Labute approximate surface area is 115 Å². The maximum atomic E-state index is 11.7. The van der Waals surface area contributed by atoms with Gasteiger partial charge in [-0.2, -0.15) is 0 Å². The van der Waals surface area contributed by atoms with E-state index >= 15 is 0 Å². The second-order valence-corrected chi connectivity index (χ2v) is 5.60. The van der Waals surface area contributed by atoms with E-state index < -0.39 is 11.7 Å². The highest BCUT2D eigenvalue weighted by Gasteiger charge is 2.18. The number of nitrogens with two attached hydrogens (primary N) is 1. The van der Waals surface area contributed by atoms with Gasteiger partial charge in [0.25, 0.3) is 0 Å². The number of aryl methyl sites for hydroxylation is 1. The van der Waals surface area contributed by atoms with Gasteiger partial charge in [0.1, 0.15) is 5.60 Å². The summed E-state index contributed by atoms with van der Waals surface area (Å²) in [5.41, 5.74) is 6.44. The van der Waals surface area contributed by atoms with E-state index in [1.165, 1.54) is 5.56 Å². The Morgan fingerprint density at radius 1 is 1.32 bits per heavy atom. The molecule has 0 radical (unpaired) electrons. The first-order valence-electron chi connectivity index (χ1n) is 6.64. The molecule has 0 spiro atoms. The molecule has 0 bridgehead atoms. The molecule has 0 aliphatic heterocycles. The summed E-state index contributed by atoms with van der Waals surface area (Å²) in [5.74, 6) is 0. The first-order chi connectivity index (χ1) is 8.90. The first-order valence-corrected chi connectivity index (χ1v) is 6.64. The molecule has 1 rings (SSSR count). The molecule has 3 N–H and O–H groups in total. The van der Waals surface area contributed by atoms with Crippen LogP contribution in [0.15, 0.2) is 30.3 Å². The van der Waals surface area contributed by atoms with Crippen molar-refractivity contribution in [3.05, 3.63) is 35.9 Å². The molecule has 4 nitrogen and oxygen atoms in total. The van der Waals surface area contributed by atoms with Crippen LogP contribution in [0.25, 0.3) is 0 Å². The fourth-order valence-corrected chi connectivity index (χ4v) is 1.71. The van der Waals surface area contributed by atoms with E-state index in [9.17, 15) is 4.79 Å². The summed E-state index contributed by atoms with van der Waals surface area (Å²) in [6.07, 6.45) is 1.29. The van der Waals surface area contributed by atoms with Crippen molar-refractivity contribution in [1.82, 2.24) is 5.32 Å². The maximum Gasteiger partial charge on any atom is 0.407 e. The van der Waals surface area contributed by atoms with Gasteiger partial charge in [-0.15, -0.1) is 0 Å². The molecule has 0 saturated heterocycles. The normalized spacial score (nSPS) is 12.8. The van der Waals surface area contributed by atoms with Crippen LogP contribution in [-0.4, -0.2) is 24.3 Å². The van der Waals surface area contributed by atoms with Crippen LogP contribution >= 0.6 is 0 Å². The molecular formula is C15H24N2O2. The largest absolute Gasteiger partial charge is 0.444 e. The Morgan fingerprint density at radius 3 is 2.47 bits per heavy atom. The molecule has 0 saturated carbocycles. The molecule has 0 unspecified atom stereocenters. The van der Waals surface area contributed by atoms with Crippen LogP contribution in [-0.2, 0) is 11.2 Å². The third kappa shape index (κ3) is 6.82. The quantitative estimate of drug-likeness (QED) is 0.858. The lowest BCUT2D eigenvalue weighted by Gasteiger charge is -2.23. The summed E-state index contributed by atoms with van der Waals surface area (Å²) in [4.78, 5) is 11.7. The third-order valence-corrected chi connectivity index (χ3v) is 2.63. The highest BCUT2D eigenvalue weighted by Crippen LogP contribution is 2.08. The van der Waals surface area contributed by atoms with Crippen molar-refractivity contribution < 1.29 is 9.53 Å². The van der Waals surface area contributed by atoms with E-state index in [0.29, 0.717) is 6.54 Å². The zero-order valence-electron chi connectivity index (χ0n) is 12.0. The number of hydrogen-bond acceptors (Lipinski definition) is 3. The van der Waals surface area contributed by atoms with Gasteiger partial charge >= 0.3 is 6.09 Å². The van der Waals surface area contributed by atoms with Gasteiger partial charge < -0.3 is 15.8 Å². The van der Waals surface area contributed by atoms with Crippen molar-refractivity contribution in [3.63, 3.8) is 0 Å².